The second-order valence-corrected chi connectivity index (χ2v) is 14.2. The Balaban J connectivity index is 1.52. The predicted octanol–water partition coefficient (Wildman–Crippen LogP) is 5.62. The highest BCUT2D eigenvalue weighted by atomic mass is 31.2. The molecule has 44 heavy (non-hydrogen) atoms. The van der Waals surface area contributed by atoms with Crippen molar-refractivity contribution in [3.8, 4) is 5.75 Å². The third-order valence-corrected chi connectivity index (χ3v) is 7.96. The van der Waals surface area contributed by atoms with Crippen LogP contribution >= 0.6 is 7.60 Å². The molecule has 13 nitrogen and oxygen atoms in total. The van der Waals surface area contributed by atoms with Gasteiger partial charge in [-0.25, -0.2) is 19.3 Å². The number of halogens is 1. The minimum atomic E-state index is -4.05. The minimum absolute atomic E-state index is 0.0383. The summed E-state index contributed by atoms with van der Waals surface area (Å²) in [6.07, 6.45) is 5.03. The molecule has 2 aromatic heterocycles. The fourth-order valence-corrected chi connectivity index (χ4v) is 5.00. The molecule has 0 saturated heterocycles. The highest BCUT2D eigenvalue weighted by Gasteiger charge is 2.30. The van der Waals surface area contributed by atoms with E-state index < -0.39 is 49.8 Å². The van der Waals surface area contributed by atoms with Gasteiger partial charge in [0, 0.05) is 6.54 Å². The van der Waals surface area contributed by atoms with Crippen molar-refractivity contribution in [2.75, 3.05) is 25.9 Å². The molecule has 2 N–H and O–H groups in total. The molecular weight excluding hydrogens is 596 g/mol. The molecule has 2 heterocycles. The van der Waals surface area contributed by atoms with Crippen LogP contribution in [0.1, 0.15) is 66.4 Å². The van der Waals surface area contributed by atoms with E-state index in [2.05, 4.69) is 15.0 Å². The van der Waals surface area contributed by atoms with Crippen LogP contribution in [0.5, 0.6) is 5.75 Å². The maximum atomic E-state index is 14.9. The van der Waals surface area contributed by atoms with Gasteiger partial charge in [0.15, 0.2) is 23.0 Å². The number of anilines is 1. The number of ether oxygens (including phenoxy) is 3. The van der Waals surface area contributed by atoms with Crippen LogP contribution in [0, 0.1) is 16.6 Å². The van der Waals surface area contributed by atoms with E-state index in [1.54, 1.807) is 47.9 Å². The molecule has 0 saturated carbocycles. The topological polar surface area (TPSA) is 167 Å². The number of aryl methyl sites for hydroxylation is 1. The van der Waals surface area contributed by atoms with Crippen LogP contribution < -0.4 is 10.5 Å². The van der Waals surface area contributed by atoms with Gasteiger partial charge in [0.2, 0.25) is 13.6 Å². The number of nitrogens with two attached hydrogens (primary N) is 1. The van der Waals surface area contributed by atoms with Crippen LogP contribution in [0.15, 0.2) is 30.9 Å². The number of fused-ring (bicyclic) bond motifs is 1. The van der Waals surface area contributed by atoms with Gasteiger partial charge in [-0.1, -0.05) is 6.07 Å². The average molecular weight is 638 g/mol. The zero-order valence-electron chi connectivity index (χ0n) is 26.0. The third kappa shape index (κ3) is 10.2. The quantitative estimate of drug-likeness (QED) is 0.0947. The Hall–Kier alpha value is -3.61. The standard InChI is InChI=1S/C29H41FN5O8P/c1-28(2,3)26(36)40-18-42-44(38,43-19-41-27(37)29(4,5)6)15-20-10-11-22(21(30)14-20)39-13-9-7-8-12-35-17-34-23-24(31)32-16-33-25(23)35/h10-11,14,16-17H,7-9,12-13,15,18-19H2,1-6H3,(H2,31,32,33). The van der Waals surface area contributed by atoms with Crippen LogP contribution in [0.3, 0.4) is 0 Å². The number of nitrogen functional groups attached to an aromatic ring is 1. The van der Waals surface area contributed by atoms with Crippen molar-refractivity contribution in [2.45, 2.75) is 73.5 Å². The van der Waals surface area contributed by atoms with Gasteiger partial charge in [-0.15, -0.1) is 0 Å². The lowest BCUT2D eigenvalue weighted by Crippen LogP contribution is -2.24. The van der Waals surface area contributed by atoms with E-state index in [0.29, 0.717) is 36.6 Å². The summed E-state index contributed by atoms with van der Waals surface area (Å²) in [6, 6.07) is 4.11. The number of carbonyl (C=O) groups is 2. The molecule has 3 rings (SSSR count). The predicted molar refractivity (Wildman–Crippen MR) is 160 cm³/mol. The first-order valence-electron chi connectivity index (χ1n) is 14.1. The van der Waals surface area contributed by atoms with E-state index in [9.17, 15) is 18.5 Å². The highest BCUT2D eigenvalue weighted by molar-refractivity contribution is 7.53. The van der Waals surface area contributed by atoms with Gasteiger partial charge in [-0.2, -0.15) is 0 Å². The fraction of sp³-hybridized carbons (Fsp3) is 0.552. The smallest absolute Gasteiger partial charge is 0.340 e. The maximum absolute atomic E-state index is 14.9. The van der Waals surface area contributed by atoms with Crippen LogP contribution in [0.4, 0.5) is 10.2 Å². The van der Waals surface area contributed by atoms with Gasteiger partial charge in [0.1, 0.15) is 11.8 Å². The Kier molecular flexibility index (Phi) is 11.8. The van der Waals surface area contributed by atoms with Crippen LogP contribution in [0.2, 0.25) is 0 Å². The molecule has 0 aliphatic heterocycles. The Morgan fingerprint density at radius 1 is 0.932 bits per heavy atom. The number of unbranched alkanes of at least 4 members (excludes halogenated alkanes) is 2. The molecule has 0 fully saturated rings. The average Bonchev–Trinajstić information content (AvgIpc) is 3.34. The number of rotatable bonds is 15. The molecule has 0 aliphatic rings. The summed E-state index contributed by atoms with van der Waals surface area (Å²) in [7, 11) is -4.05. The Morgan fingerprint density at radius 2 is 1.57 bits per heavy atom. The highest BCUT2D eigenvalue weighted by Crippen LogP contribution is 2.51. The number of hydrogen-bond donors (Lipinski definition) is 1. The summed E-state index contributed by atoms with van der Waals surface area (Å²) in [5, 5.41) is 0. The van der Waals surface area contributed by atoms with E-state index >= 15 is 0 Å². The molecule has 0 amide bonds. The molecule has 0 aliphatic carbocycles. The van der Waals surface area contributed by atoms with E-state index in [0.717, 1.165) is 18.9 Å². The summed E-state index contributed by atoms with van der Waals surface area (Å²) in [4.78, 5) is 36.6. The van der Waals surface area contributed by atoms with Gasteiger partial charge < -0.3 is 24.5 Å². The second-order valence-electron chi connectivity index (χ2n) is 12.2. The van der Waals surface area contributed by atoms with E-state index in [-0.39, 0.29) is 17.5 Å². The van der Waals surface area contributed by atoms with Gasteiger partial charge >= 0.3 is 19.5 Å². The maximum Gasteiger partial charge on any atom is 0.340 e. The number of esters is 2. The van der Waals surface area contributed by atoms with Gasteiger partial charge in [0.25, 0.3) is 0 Å². The van der Waals surface area contributed by atoms with Crippen molar-refractivity contribution in [3.05, 3.63) is 42.2 Å². The summed E-state index contributed by atoms with van der Waals surface area (Å²) in [5.41, 5.74) is 5.72. The SMILES string of the molecule is CC(C)(C)C(=O)OCOP(=O)(Cc1ccc(OCCCCCn2cnc3c(N)ncnc32)c(F)c1)OCOC(=O)C(C)(C)C. The first-order valence-corrected chi connectivity index (χ1v) is 15.9. The third-order valence-electron chi connectivity index (χ3n) is 6.21. The number of nitrogens with zero attached hydrogens (tertiary/aromatic N) is 4. The van der Waals surface area contributed by atoms with Crippen LogP contribution in [-0.2, 0) is 45.4 Å². The monoisotopic (exact) mass is 637 g/mol. The molecule has 242 valence electrons. The first-order chi connectivity index (χ1) is 20.6. The molecule has 1 aromatic carbocycles. The van der Waals surface area contributed by atoms with Crippen LogP contribution in [-0.4, -0.2) is 51.7 Å². The second kappa shape index (κ2) is 14.9. The van der Waals surface area contributed by atoms with Crippen molar-refractivity contribution in [1.82, 2.24) is 19.5 Å². The number of aromatic nitrogens is 4. The van der Waals surface area contributed by atoms with E-state index in [1.807, 2.05) is 4.57 Å². The summed E-state index contributed by atoms with van der Waals surface area (Å²) < 4.78 is 56.6. The zero-order chi connectivity index (χ0) is 32.5. The van der Waals surface area contributed by atoms with E-state index in [4.69, 9.17) is 29.0 Å². The normalized spacial score (nSPS) is 12.3. The lowest BCUT2D eigenvalue weighted by atomic mass is 9.98. The molecule has 0 radical (unpaired) electrons. The van der Waals surface area contributed by atoms with Gasteiger partial charge in [-0.3, -0.25) is 23.2 Å². The summed E-state index contributed by atoms with van der Waals surface area (Å²) >= 11 is 0. The van der Waals surface area contributed by atoms with Gasteiger partial charge in [-0.05, 0) is 78.5 Å². The lowest BCUT2D eigenvalue weighted by Gasteiger charge is -2.22. The number of imidazole rings is 1. The summed E-state index contributed by atoms with van der Waals surface area (Å²) in [5.74, 6) is -1.44. The first kappa shape index (κ1) is 34.9. The Labute approximate surface area is 256 Å². The minimum Gasteiger partial charge on any atom is -0.491 e. The van der Waals surface area contributed by atoms with Crippen molar-refractivity contribution in [2.24, 2.45) is 10.8 Å². The molecular formula is C29H41FN5O8P. The zero-order valence-corrected chi connectivity index (χ0v) is 26.9. The summed E-state index contributed by atoms with van der Waals surface area (Å²) in [6.45, 7) is 9.56. The van der Waals surface area contributed by atoms with Crippen molar-refractivity contribution in [1.29, 1.82) is 0 Å². The van der Waals surface area contributed by atoms with Crippen molar-refractivity contribution < 1.29 is 41.8 Å². The number of benzene rings is 1. The Bertz CT molecular complexity index is 1450. The van der Waals surface area contributed by atoms with Crippen LogP contribution in [0.25, 0.3) is 11.2 Å². The number of hydrogen-bond acceptors (Lipinski definition) is 12. The molecule has 0 unspecified atom stereocenters. The molecule has 0 bridgehead atoms. The number of carbonyl (C=O) groups excluding carboxylic acids is 2. The van der Waals surface area contributed by atoms with Gasteiger partial charge in [0.05, 0.1) is 29.9 Å². The lowest BCUT2D eigenvalue weighted by molar-refractivity contribution is -0.162. The Morgan fingerprint density at radius 3 is 2.16 bits per heavy atom. The molecule has 3 aromatic rings. The molecule has 0 spiro atoms. The van der Waals surface area contributed by atoms with Crippen molar-refractivity contribution in [3.63, 3.8) is 0 Å². The largest absolute Gasteiger partial charge is 0.491 e. The van der Waals surface area contributed by atoms with E-state index in [1.165, 1.54) is 18.5 Å². The molecule has 15 heteroatoms. The molecule has 0 atom stereocenters. The fourth-order valence-electron chi connectivity index (χ4n) is 3.67. The van der Waals surface area contributed by atoms with Crippen molar-refractivity contribution >= 4 is 36.5 Å².